The molecule has 3 heteroatoms. The summed E-state index contributed by atoms with van der Waals surface area (Å²) in [4.78, 5) is 12.6. The van der Waals surface area contributed by atoms with Crippen molar-refractivity contribution in [1.82, 2.24) is 9.97 Å². The standard InChI is InChI=1S/C8H9N3/c1-2-7-10-5-6-3-4-9-8(6)11-7/h4-5H,2-3H2,1H3. The molecule has 11 heavy (non-hydrogen) atoms. The lowest BCUT2D eigenvalue weighted by Crippen LogP contribution is -1.93. The van der Waals surface area contributed by atoms with Crippen molar-refractivity contribution in [3.05, 3.63) is 17.6 Å². The molecule has 56 valence electrons. The molecular weight excluding hydrogens is 138 g/mol. The molecule has 0 aliphatic carbocycles. The van der Waals surface area contributed by atoms with E-state index in [2.05, 4.69) is 15.0 Å². The normalized spacial score (nSPS) is 13.5. The lowest BCUT2D eigenvalue weighted by Gasteiger charge is -1.97. The van der Waals surface area contributed by atoms with Gasteiger partial charge in [0.05, 0.1) is 0 Å². The summed E-state index contributed by atoms with van der Waals surface area (Å²) in [6.07, 6.45) is 5.51. The van der Waals surface area contributed by atoms with Crippen molar-refractivity contribution in [3.8, 4) is 0 Å². The quantitative estimate of drug-likeness (QED) is 0.600. The number of aromatic nitrogens is 2. The predicted octanol–water partition coefficient (Wildman–Crippen LogP) is 1.30. The number of nitrogens with zero attached hydrogens (tertiary/aromatic N) is 3. The van der Waals surface area contributed by atoms with Gasteiger partial charge in [0.1, 0.15) is 5.82 Å². The third-order valence-electron chi connectivity index (χ3n) is 1.73. The van der Waals surface area contributed by atoms with E-state index in [1.54, 1.807) is 0 Å². The van der Waals surface area contributed by atoms with Crippen molar-refractivity contribution < 1.29 is 0 Å². The second kappa shape index (κ2) is 2.42. The minimum absolute atomic E-state index is 0.858. The van der Waals surface area contributed by atoms with Crippen LogP contribution in [0.5, 0.6) is 0 Å². The topological polar surface area (TPSA) is 38.1 Å². The largest absolute Gasteiger partial charge is 0.241 e. The van der Waals surface area contributed by atoms with Crippen LogP contribution in [-0.2, 0) is 12.8 Å². The molecule has 0 atom stereocenters. The van der Waals surface area contributed by atoms with E-state index in [0.29, 0.717) is 0 Å². The van der Waals surface area contributed by atoms with Crippen molar-refractivity contribution in [2.45, 2.75) is 19.8 Å². The zero-order chi connectivity index (χ0) is 7.68. The van der Waals surface area contributed by atoms with Crippen LogP contribution in [0, 0.1) is 0 Å². The van der Waals surface area contributed by atoms with E-state index >= 15 is 0 Å². The van der Waals surface area contributed by atoms with Crippen LogP contribution in [0.4, 0.5) is 5.82 Å². The zero-order valence-corrected chi connectivity index (χ0v) is 6.41. The van der Waals surface area contributed by atoms with Gasteiger partial charge in [-0.3, -0.25) is 0 Å². The monoisotopic (exact) mass is 147 g/mol. The third-order valence-corrected chi connectivity index (χ3v) is 1.73. The Balaban J connectivity index is 2.47. The lowest BCUT2D eigenvalue weighted by atomic mass is 10.3. The van der Waals surface area contributed by atoms with Crippen LogP contribution < -0.4 is 0 Å². The molecule has 0 saturated heterocycles. The molecule has 1 aromatic rings. The van der Waals surface area contributed by atoms with E-state index in [1.807, 2.05) is 19.3 Å². The summed E-state index contributed by atoms with van der Waals surface area (Å²) in [5.41, 5.74) is 1.14. The van der Waals surface area contributed by atoms with Crippen LogP contribution in [0.25, 0.3) is 0 Å². The second-order valence-electron chi connectivity index (χ2n) is 2.50. The van der Waals surface area contributed by atoms with Crippen LogP contribution in [0.15, 0.2) is 11.2 Å². The molecule has 1 aliphatic heterocycles. The predicted molar refractivity (Wildman–Crippen MR) is 43.3 cm³/mol. The fourth-order valence-corrected chi connectivity index (χ4v) is 1.09. The maximum absolute atomic E-state index is 4.26. The van der Waals surface area contributed by atoms with E-state index < -0.39 is 0 Å². The van der Waals surface area contributed by atoms with Crippen LogP contribution in [-0.4, -0.2) is 16.2 Å². The maximum Gasteiger partial charge on any atom is 0.158 e. The molecule has 0 radical (unpaired) electrons. The van der Waals surface area contributed by atoms with Crippen LogP contribution in [0.2, 0.25) is 0 Å². The summed E-state index contributed by atoms with van der Waals surface area (Å²) >= 11 is 0. The molecule has 1 aliphatic rings. The van der Waals surface area contributed by atoms with Crippen molar-refractivity contribution in [3.63, 3.8) is 0 Å². The van der Waals surface area contributed by atoms with Crippen LogP contribution in [0.1, 0.15) is 18.3 Å². The highest BCUT2D eigenvalue weighted by Gasteiger charge is 2.07. The number of aliphatic imine (C=N–C) groups is 1. The second-order valence-corrected chi connectivity index (χ2v) is 2.50. The van der Waals surface area contributed by atoms with Crippen LogP contribution >= 0.6 is 0 Å². The number of rotatable bonds is 1. The summed E-state index contributed by atoms with van der Waals surface area (Å²) < 4.78 is 0. The molecule has 0 fully saturated rings. The first-order valence-electron chi connectivity index (χ1n) is 3.77. The lowest BCUT2D eigenvalue weighted by molar-refractivity contribution is 0.931. The molecule has 0 spiro atoms. The van der Waals surface area contributed by atoms with Gasteiger partial charge in [0.2, 0.25) is 0 Å². The van der Waals surface area contributed by atoms with Crippen molar-refractivity contribution in [1.29, 1.82) is 0 Å². The highest BCUT2D eigenvalue weighted by molar-refractivity contribution is 5.73. The third kappa shape index (κ3) is 1.02. The highest BCUT2D eigenvalue weighted by Crippen LogP contribution is 2.19. The molecule has 0 bridgehead atoms. The Labute approximate surface area is 65.2 Å². The summed E-state index contributed by atoms with van der Waals surface area (Å²) in [5, 5.41) is 0. The van der Waals surface area contributed by atoms with Gasteiger partial charge in [-0.1, -0.05) is 6.92 Å². The SMILES string of the molecule is CCc1ncc2c(n1)N=CC2. The summed E-state index contributed by atoms with van der Waals surface area (Å²) in [6, 6.07) is 0. The number of fused-ring (bicyclic) bond motifs is 1. The van der Waals surface area contributed by atoms with Gasteiger partial charge in [0, 0.05) is 30.8 Å². The Bertz CT molecular complexity index is 304. The number of hydrogen-bond donors (Lipinski definition) is 0. The molecular formula is C8H9N3. The fraction of sp³-hybridized carbons (Fsp3) is 0.375. The first-order valence-corrected chi connectivity index (χ1v) is 3.77. The number of hydrogen-bond acceptors (Lipinski definition) is 3. The van der Waals surface area contributed by atoms with Crippen LogP contribution in [0.3, 0.4) is 0 Å². The Hall–Kier alpha value is -1.25. The van der Waals surface area contributed by atoms with Crippen molar-refractivity contribution in [2.24, 2.45) is 4.99 Å². The summed E-state index contributed by atoms with van der Waals surface area (Å²) in [5.74, 6) is 1.74. The molecule has 0 saturated carbocycles. The molecule has 0 unspecified atom stereocenters. The highest BCUT2D eigenvalue weighted by atomic mass is 15.0. The van der Waals surface area contributed by atoms with E-state index in [4.69, 9.17) is 0 Å². The fourth-order valence-electron chi connectivity index (χ4n) is 1.09. The Morgan fingerprint density at radius 1 is 1.55 bits per heavy atom. The minimum atomic E-state index is 0.858. The van der Waals surface area contributed by atoms with Gasteiger partial charge in [-0.15, -0.1) is 0 Å². The van der Waals surface area contributed by atoms with Gasteiger partial charge in [-0.25, -0.2) is 15.0 Å². The number of aryl methyl sites for hydroxylation is 1. The molecule has 0 N–H and O–H groups in total. The van der Waals surface area contributed by atoms with E-state index in [0.717, 1.165) is 30.0 Å². The molecule has 0 aromatic carbocycles. The molecule has 1 aromatic heterocycles. The van der Waals surface area contributed by atoms with Gasteiger partial charge in [-0.05, 0) is 0 Å². The Morgan fingerprint density at radius 2 is 2.45 bits per heavy atom. The average Bonchev–Trinajstić information content (AvgIpc) is 2.50. The molecule has 0 amide bonds. The van der Waals surface area contributed by atoms with Gasteiger partial charge >= 0.3 is 0 Å². The van der Waals surface area contributed by atoms with E-state index in [1.165, 1.54) is 0 Å². The van der Waals surface area contributed by atoms with Gasteiger partial charge in [-0.2, -0.15) is 0 Å². The van der Waals surface area contributed by atoms with E-state index in [9.17, 15) is 0 Å². The van der Waals surface area contributed by atoms with Gasteiger partial charge in [0.25, 0.3) is 0 Å². The average molecular weight is 147 g/mol. The zero-order valence-electron chi connectivity index (χ0n) is 6.41. The smallest absolute Gasteiger partial charge is 0.158 e. The molecule has 3 nitrogen and oxygen atoms in total. The van der Waals surface area contributed by atoms with E-state index in [-0.39, 0.29) is 0 Å². The summed E-state index contributed by atoms with van der Waals surface area (Å²) in [7, 11) is 0. The molecule has 2 rings (SSSR count). The van der Waals surface area contributed by atoms with Crippen molar-refractivity contribution in [2.75, 3.05) is 0 Å². The minimum Gasteiger partial charge on any atom is -0.241 e. The first-order chi connectivity index (χ1) is 5.40. The van der Waals surface area contributed by atoms with Gasteiger partial charge < -0.3 is 0 Å². The molecule has 2 heterocycles. The summed E-state index contributed by atoms with van der Waals surface area (Å²) in [6.45, 7) is 2.04. The van der Waals surface area contributed by atoms with Gasteiger partial charge in [0.15, 0.2) is 5.82 Å². The first kappa shape index (κ1) is 6.46. The maximum atomic E-state index is 4.26. The van der Waals surface area contributed by atoms with Crippen molar-refractivity contribution >= 4 is 12.0 Å². The Morgan fingerprint density at radius 3 is 3.27 bits per heavy atom. The Kier molecular flexibility index (Phi) is 1.42.